The molecule has 9 aromatic rings. The minimum atomic E-state index is -0.515. The number of hydrogen-bond acceptors (Lipinski definition) is 4. The molecule has 3 aliphatic carbocycles. The number of aromatic nitrogens is 4. The molecule has 2 fully saturated rings. The number of nitrogens with zero attached hydrogens (tertiary/aromatic N) is 4. The summed E-state index contributed by atoms with van der Waals surface area (Å²) in [7, 11) is 0. The van der Waals surface area contributed by atoms with Crippen molar-refractivity contribution in [1.82, 2.24) is 19.2 Å². The van der Waals surface area contributed by atoms with E-state index in [9.17, 15) is 0 Å². The average Bonchev–Trinajstić information content (AvgIpc) is 4.22. The van der Waals surface area contributed by atoms with Gasteiger partial charge >= 0.3 is 6.85 Å². The number of hydrogen-bond donors (Lipinski definition) is 0. The Morgan fingerprint density at radius 2 is 1.14 bits per heavy atom. The molecule has 2 aliphatic heterocycles. The van der Waals surface area contributed by atoms with Gasteiger partial charge in [-0.2, -0.15) is 4.98 Å². The van der Waals surface area contributed by atoms with Gasteiger partial charge in [0.2, 0.25) is 5.88 Å². The van der Waals surface area contributed by atoms with Gasteiger partial charge in [0, 0.05) is 10.9 Å². The smallest absolute Gasteiger partial charge is 0.364 e. The Hall–Kier alpha value is -6.99. The Bertz CT molecular complexity index is 3580. The first-order chi connectivity index (χ1) is 33.7. The molecule has 338 valence electrons. The maximum absolute atomic E-state index is 15.9. The summed E-state index contributed by atoms with van der Waals surface area (Å²) in [5.74, 6) is 3.13. The van der Waals surface area contributed by atoms with E-state index in [2.05, 4.69) is 172 Å². The van der Waals surface area contributed by atoms with Crippen LogP contribution in [0.2, 0.25) is 0 Å². The van der Waals surface area contributed by atoms with Crippen LogP contribution in [-0.2, 0) is 10.8 Å². The summed E-state index contributed by atoms with van der Waals surface area (Å²) in [6.45, 7) is 8.66. The minimum Gasteiger partial charge on any atom is -0.439 e. The lowest BCUT2D eigenvalue weighted by atomic mass is 9.50. The molecule has 7 aromatic carbocycles. The minimum absolute atomic E-state index is 0.0199. The van der Waals surface area contributed by atoms with Crippen molar-refractivity contribution in [1.29, 1.82) is 0 Å². The van der Waals surface area contributed by atoms with E-state index >= 15 is 4.79 Å². The molecule has 0 saturated heterocycles. The quantitative estimate of drug-likeness (QED) is 0.156. The van der Waals surface area contributed by atoms with E-state index < -0.39 is 6.85 Å². The van der Waals surface area contributed by atoms with Crippen molar-refractivity contribution in [2.75, 3.05) is 0 Å². The lowest BCUT2D eigenvalue weighted by Gasteiger charge is -2.29. The third-order valence-electron chi connectivity index (χ3n) is 17.2. The molecule has 14 rings (SSSR count). The molecule has 0 atom stereocenters. The average molecular weight is 899 g/mol. The van der Waals surface area contributed by atoms with E-state index in [1.807, 2.05) is 4.59 Å². The molecule has 0 amide bonds. The third kappa shape index (κ3) is 5.76. The lowest BCUT2D eigenvalue weighted by molar-refractivity contribution is 0.324. The molecule has 4 heterocycles. The van der Waals surface area contributed by atoms with Gasteiger partial charge in [-0.1, -0.05) is 181 Å². The molecule has 0 unspecified atom stereocenters. The fraction of sp³-hybridized carbons (Fsp3) is 0.274. The maximum atomic E-state index is 15.9. The zero-order valence-corrected chi connectivity index (χ0v) is 40.0. The van der Waals surface area contributed by atoms with Gasteiger partial charge < -0.3 is 4.74 Å². The summed E-state index contributed by atoms with van der Waals surface area (Å²) < 4.78 is 11.6. The van der Waals surface area contributed by atoms with Crippen molar-refractivity contribution in [3.63, 3.8) is 0 Å². The van der Waals surface area contributed by atoms with Gasteiger partial charge in [-0.25, -0.2) is 9.67 Å². The summed E-state index contributed by atoms with van der Waals surface area (Å²) in [5.41, 5.74) is 16.3. The fourth-order valence-electron chi connectivity index (χ4n) is 14.2. The first kappa shape index (κ1) is 41.0. The Morgan fingerprint density at radius 1 is 0.580 bits per heavy atom. The zero-order chi connectivity index (χ0) is 46.3. The molecule has 69 heavy (non-hydrogen) atoms. The predicted octanol–water partition coefficient (Wildman–Crippen LogP) is 13.8. The highest BCUT2D eigenvalue weighted by Gasteiger charge is 2.55. The van der Waals surface area contributed by atoms with E-state index in [0.717, 1.165) is 66.2 Å². The highest BCUT2D eigenvalue weighted by atomic mass is 16.5. The largest absolute Gasteiger partial charge is 0.439 e. The Morgan fingerprint density at radius 3 is 1.75 bits per heavy atom. The van der Waals surface area contributed by atoms with Crippen molar-refractivity contribution in [3.8, 4) is 62.2 Å². The molecule has 2 spiro atoms. The first-order valence-corrected chi connectivity index (χ1v) is 25.6. The molecule has 2 aromatic heterocycles. The number of benzene rings is 7. The Balaban J connectivity index is 1.10. The van der Waals surface area contributed by atoms with Gasteiger partial charge in [-0.3, -0.25) is 9.39 Å². The van der Waals surface area contributed by atoms with E-state index in [4.69, 9.17) is 14.7 Å². The summed E-state index contributed by atoms with van der Waals surface area (Å²) in [6.07, 6.45) is 11.1. The topological polar surface area (TPSA) is 61.9 Å². The molecule has 7 heteroatoms. The summed E-state index contributed by atoms with van der Waals surface area (Å²) in [4.78, 5) is 27.2. The van der Waals surface area contributed by atoms with Gasteiger partial charge in [0.25, 0.3) is 5.56 Å². The predicted molar refractivity (Wildman–Crippen MR) is 282 cm³/mol. The van der Waals surface area contributed by atoms with E-state index in [1.165, 1.54) is 91.2 Å². The van der Waals surface area contributed by atoms with Crippen molar-refractivity contribution in [3.05, 3.63) is 172 Å². The van der Waals surface area contributed by atoms with Crippen LogP contribution in [0.3, 0.4) is 0 Å². The van der Waals surface area contributed by atoms with Crippen molar-refractivity contribution in [2.45, 2.75) is 108 Å². The van der Waals surface area contributed by atoms with Gasteiger partial charge in [0.15, 0.2) is 11.6 Å². The number of ether oxygens (including phenoxy) is 1. The van der Waals surface area contributed by atoms with Crippen LogP contribution < -0.4 is 21.2 Å². The first-order valence-electron chi connectivity index (χ1n) is 25.6. The highest BCUT2D eigenvalue weighted by molar-refractivity contribution is 6.87. The standard InChI is InChI=1S/C62H55BN4O2/c1-37(2)41-25-17-26-42(38(3)4)53(41)47-34-51-56(46-24-12-11-23-45(46)47)69-59-55-58(64-57(65-59)54-43(39-19-7-5-8-20-39)27-18-28-44(54)40-21-9-6-10-22-40)66-52-35-50-49(33-48(52)60(68)67(66)63(51)55)61(29-13-14-30-61)36-62(50)31-15-16-32-62/h5-12,17-28,33-35,37-38H,13-16,29-32,36H2,1-4H3. The molecule has 2 saturated carbocycles. The van der Waals surface area contributed by atoms with Gasteiger partial charge in [-0.15, -0.1) is 0 Å². The van der Waals surface area contributed by atoms with Crippen molar-refractivity contribution in [2.24, 2.45) is 0 Å². The Labute approximate surface area is 404 Å². The van der Waals surface area contributed by atoms with Crippen LogP contribution in [0.1, 0.15) is 120 Å². The fourth-order valence-corrected chi connectivity index (χ4v) is 14.2. The second kappa shape index (κ2) is 15.0. The van der Waals surface area contributed by atoms with Crippen LogP contribution in [0.15, 0.2) is 144 Å². The molecule has 6 nitrogen and oxygen atoms in total. The summed E-state index contributed by atoms with van der Waals surface area (Å²) in [6, 6.07) is 50.3. The highest BCUT2D eigenvalue weighted by Crippen LogP contribution is 2.62. The second-order valence-corrected chi connectivity index (χ2v) is 21.6. The molecule has 5 aliphatic rings. The Kier molecular flexibility index (Phi) is 8.92. The molecular formula is C62H55BN4O2. The zero-order valence-electron chi connectivity index (χ0n) is 40.0. The number of fused-ring (bicyclic) bond motifs is 12. The van der Waals surface area contributed by atoms with Gasteiger partial charge in [0.1, 0.15) is 5.75 Å². The molecular weight excluding hydrogens is 844 g/mol. The normalized spacial score (nSPS) is 16.8. The van der Waals surface area contributed by atoms with Crippen molar-refractivity contribution >= 4 is 39.4 Å². The second-order valence-electron chi connectivity index (χ2n) is 21.6. The van der Waals surface area contributed by atoms with Crippen LogP contribution in [0.4, 0.5) is 0 Å². The van der Waals surface area contributed by atoms with Crippen LogP contribution in [0.5, 0.6) is 11.6 Å². The lowest BCUT2D eigenvalue weighted by Crippen LogP contribution is -2.53. The van der Waals surface area contributed by atoms with Crippen LogP contribution in [0.25, 0.3) is 72.3 Å². The summed E-state index contributed by atoms with van der Waals surface area (Å²) in [5, 5.41) is 2.92. The van der Waals surface area contributed by atoms with E-state index in [0.29, 0.717) is 29.4 Å². The number of rotatable bonds is 6. The van der Waals surface area contributed by atoms with E-state index in [-0.39, 0.29) is 16.4 Å². The van der Waals surface area contributed by atoms with Crippen LogP contribution in [0, 0.1) is 0 Å². The monoisotopic (exact) mass is 898 g/mol. The van der Waals surface area contributed by atoms with Crippen LogP contribution >= 0.6 is 0 Å². The molecule has 0 N–H and O–H groups in total. The van der Waals surface area contributed by atoms with Crippen LogP contribution in [-0.4, -0.2) is 26.1 Å². The van der Waals surface area contributed by atoms with Gasteiger partial charge in [-0.05, 0) is 133 Å². The van der Waals surface area contributed by atoms with Gasteiger partial charge in [0.05, 0.1) is 16.4 Å². The third-order valence-corrected chi connectivity index (χ3v) is 17.2. The maximum Gasteiger partial charge on any atom is 0.364 e. The molecule has 0 bridgehead atoms. The SMILES string of the molecule is CC(C)c1cccc(C(C)C)c1-c1cc2c(c3ccccc13)Oc1nc(-c3c(-c4ccccc4)cccc3-c3ccccc3)nc3c1B2n1c(=O)c2cc4c(cc2n1-3)C1(CCCC1)CC41CCCC1. The molecule has 0 radical (unpaired) electrons. The van der Waals surface area contributed by atoms with Crippen molar-refractivity contribution < 1.29 is 4.74 Å². The summed E-state index contributed by atoms with van der Waals surface area (Å²) >= 11 is 0. The van der Waals surface area contributed by atoms with E-state index in [1.54, 1.807) is 0 Å².